The van der Waals surface area contributed by atoms with Gasteiger partial charge in [-0.05, 0) is 42.5 Å². The van der Waals surface area contributed by atoms with Gasteiger partial charge < -0.3 is 10.5 Å². The third-order valence-electron chi connectivity index (χ3n) is 3.18. The third-order valence-corrected chi connectivity index (χ3v) is 3.18. The van der Waals surface area contributed by atoms with E-state index in [9.17, 15) is 9.59 Å². The molecule has 0 fully saturated rings. The Morgan fingerprint density at radius 1 is 0.900 bits per heavy atom. The molecule has 0 aliphatic carbocycles. The van der Waals surface area contributed by atoms with E-state index in [0.29, 0.717) is 28.3 Å². The Kier molecular flexibility index (Phi) is 2.68. The fourth-order valence-electron chi connectivity index (χ4n) is 2.08. The minimum absolute atomic E-state index is 0.288. The maximum Gasteiger partial charge on any atom is 0.261 e. The second-order valence-electron chi connectivity index (χ2n) is 4.55. The van der Waals surface area contributed by atoms with Crippen molar-refractivity contribution < 1.29 is 14.3 Å². The number of ether oxygens (including phenoxy) is 1. The Balaban J connectivity index is 1.92. The first kappa shape index (κ1) is 12.2. The van der Waals surface area contributed by atoms with Crippen molar-refractivity contribution in [1.29, 1.82) is 0 Å². The molecular weight excluding hydrogens is 256 g/mol. The number of nitrogens with zero attached hydrogens (tertiary/aromatic N) is 1. The summed E-state index contributed by atoms with van der Waals surface area (Å²) in [4.78, 5) is 24.7. The molecule has 1 aliphatic heterocycles. The van der Waals surface area contributed by atoms with Crippen molar-refractivity contribution in [2.45, 2.75) is 0 Å². The van der Waals surface area contributed by atoms with Crippen LogP contribution < -0.4 is 10.5 Å². The van der Waals surface area contributed by atoms with E-state index in [2.05, 4.69) is 0 Å². The molecule has 0 saturated heterocycles. The van der Waals surface area contributed by atoms with Gasteiger partial charge in [0.15, 0.2) is 0 Å². The predicted octanol–water partition coefficient (Wildman–Crippen LogP) is 2.29. The summed E-state index contributed by atoms with van der Waals surface area (Å²) in [5, 5.41) is 0. The standard InChI is InChI=1S/C15H12N2O3/c1-17-14(18)12-7-6-11(8-13(12)15(17)19)20-10-4-2-9(16)3-5-10/h2-8H,16H2,1H3. The summed E-state index contributed by atoms with van der Waals surface area (Å²) in [7, 11) is 1.46. The number of benzene rings is 2. The molecule has 3 rings (SSSR count). The van der Waals surface area contributed by atoms with Crippen LogP contribution in [0.4, 0.5) is 5.69 Å². The van der Waals surface area contributed by atoms with Gasteiger partial charge in [0.1, 0.15) is 11.5 Å². The Hall–Kier alpha value is -2.82. The first-order chi connectivity index (χ1) is 9.56. The van der Waals surface area contributed by atoms with E-state index in [-0.39, 0.29) is 11.8 Å². The van der Waals surface area contributed by atoms with Gasteiger partial charge in [0.05, 0.1) is 11.1 Å². The molecule has 0 spiro atoms. The average molecular weight is 268 g/mol. The summed E-state index contributed by atoms with van der Waals surface area (Å²) < 4.78 is 5.64. The molecule has 2 aromatic rings. The number of anilines is 1. The van der Waals surface area contributed by atoms with E-state index in [1.807, 2.05) is 0 Å². The number of amides is 2. The van der Waals surface area contributed by atoms with Crippen LogP contribution in [0.1, 0.15) is 20.7 Å². The molecule has 20 heavy (non-hydrogen) atoms. The minimum Gasteiger partial charge on any atom is -0.457 e. The maximum absolute atomic E-state index is 11.9. The summed E-state index contributed by atoms with van der Waals surface area (Å²) in [5.74, 6) is 0.519. The first-order valence-electron chi connectivity index (χ1n) is 6.06. The zero-order chi connectivity index (χ0) is 14.3. The number of rotatable bonds is 2. The Morgan fingerprint density at radius 3 is 2.20 bits per heavy atom. The van der Waals surface area contributed by atoms with Crippen LogP contribution in [0.3, 0.4) is 0 Å². The number of imide groups is 1. The number of carbonyl (C=O) groups is 2. The molecule has 100 valence electrons. The van der Waals surface area contributed by atoms with Gasteiger partial charge in [0.2, 0.25) is 0 Å². The summed E-state index contributed by atoms with van der Waals surface area (Å²) in [5.41, 5.74) is 7.02. The van der Waals surface area contributed by atoms with E-state index in [0.717, 1.165) is 4.90 Å². The average Bonchev–Trinajstić information content (AvgIpc) is 2.66. The number of hydrogen-bond donors (Lipinski definition) is 1. The van der Waals surface area contributed by atoms with Gasteiger partial charge in [-0.3, -0.25) is 14.5 Å². The molecule has 0 bridgehead atoms. The van der Waals surface area contributed by atoms with E-state index < -0.39 is 0 Å². The number of nitrogen functional groups attached to an aromatic ring is 1. The highest BCUT2D eigenvalue weighted by atomic mass is 16.5. The van der Waals surface area contributed by atoms with Gasteiger partial charge >= 0.3 is 0 Å². The second kappa shape index (κ2) is 4.38. The Bertz CT molecular complexity index is 708. The van der Waals surface area contributed by atoms with E-state index in [4.69, 9.17) is 10.5 Å². The Labute approximate surface area is 115 Å². The van der Waals surface area contributed by atoms with Crippen molar-refractivity contribution in [2.75, 3.05) is 12.8 Å². The van der Waals surface area contributed by atoms with Crippen LogP contribution in [0.5, 0.6) is 11.5 Å². The van der Waals surface area contributed by atoms with Crippen molar-refractivity contribution >= 4 is 17.5 Å². The van der Waals surface area contributed by atoms with Gasteiger partial charge in [-0.15, -0.1) is 0 Å². The highest BCUT2D eigenvalue weighted by Crippen LogP contribution is 2.28. The largest absolute Gasteiger partial charge is 0.457 e. The molecular formula is C15H12N2O3. The molecule has 0 saturated carbocycles. The molecule has 1 aliphatic rings. The van der Waals surface area contributed by atoms with Crippen molar-refractivity contribution in [3.05, 3.63) is 53.6 Å². The maximum atomic E-state index is 11.9. The molecule has 2 amide bonds. The highest BCUT2D eigenvalue weighted by Gasteiger charge is 2.32. The molecule has 0 aromatic heterocycles. The molecule has 2 aromatic carbocycles. The van der Waals surface area contributed by atoms with E-state index in [1.165, 1.54) is 7.05 Å². The summed E-state index contributed by atoms with van der Waals surface area (Å²) in [6, 6.07) is 11.8. The van der Waals surface area contributed by atoms with Crippen LogP contribution in [0.25, 0.3) is 0 Å². The second-order valence-corrected chi connectivity index (χ2v) is 4.55. The van der Waals surface area contributed by atoms with E-state index in [1.54, 1.807) is 42.5 Å². The molecule has 0 atom stereocenters. The van der Waals surface area contributed by atoms with Gasteiger partial charge in [-0.1, -0.05) is 0 Å². The lowest BCUT2D eigenvalue weighted by molar-refractivity contribution is 0.0693. The number of fused-ring (bicyclic) bond motifs is 1. The molecule has 0 radical (unpaired) electrons. The zero-order valence-electron chi connectivity index (χ0n) is 10.8. The van der Waals surface area contributed by atoms with Crippen LogP contribution in [0.15, 0.2) is 42.5 Å². The molecule has 0 unspecified atom stereocenters. The zero-order valence-corrected chi connectivity index (χ0v) is 10.8. The van der Waals surface area contributed by atoms with Crippen LogP contribution in [0.2, 0.25) is 0 Å². The summed E-state index contributed by atoms with van der Waals surface area (Å²) >= 11 is 0. The highest BCUT2D eigenvalue weighted by molar-refractivity contribution is 6.21. The van der Waals surface area contributed by atoms with Gasteiger partial charge in [0, 0.05) is 12.7 Å². The summed E-state index contributed by atoms with van der Waals surface area (Å²) in [6.07, 6.45) is 0. The van der Waals surface area contributed by atoms with Crippen molar-refractivity contribution in [1.82, 2.24) is 4.90 Å². The lowest BCUT2D eigenvalue weighted by Gasteiger charge is -2.06. The lowest BCUT2D eigenvalue weighted by atomic mass is 10.1. The van der Waals surface area contributed by atoms with Crippen LogP contribution >= 0.6 is 0 Å². The minimum atomic E-state index is -0.312. The normalized spacial score (nSPS) is 13.6. The topological polar surface area (TPSA) is 72.6 Å². The van der Waals surface area contributed by atoms with Gasteiger partial charge in [0.25, 0.3) is 11.8 Å². The molecule has 5 nitrogen and oxygen atoms in total. The smallest absolute Gasteiger partial charge is 0.261 e. The lowest BCUT2D eigenvalue weighted by Crippen LogP contribution is -2.24. The fraction of sp³-hybridized carbons (Fsp3) is 0.0667. The van der Waals surface area contributed by atoms with Crippen molar-refractivity contribution in [3.63, 3.8) is 0 Å². The van der Waals surface area contributed by atoms with Crippen molar-refractivity contribution in [2.24, 2.45) is 0 Å². The molecule has 5 heteroatoms. The number of carbonyl (C=O) groups excluding carboxylic acids is 2. The third kappa shape index (κ3) is 1.89. The first-order valence-corrected chi connectivity index (χ1v) is 6.06. The monoisotopic (exact) mass is 268 g/mol. The predicted molar refractivity (Wildman–Crippen MR) is 73.8 cm³/mol. The SMILES string of the molecule is CN1C(=O)c2ccc(Oc3ccc(N)cc3)cc2C1=O. The molecule has 2 N–H and O–H groups in total. The quantitative estimate of drug-likeness (QED) is 0.670. The van der Waals surface area contributed by atoms with Gasteiger partial charge in [-0.2, -0.15) is 0 Å². The van der Waals surface area contributed by atoms with Crippen molar-refractivity contribution in [3.8, 4) is 11.5 Å². The summed E-state index contributed by atoms with van der Waals surface area (Å²) in [6.45, 7) is 0. The number of hydrogen-bond acceptors (Lipinski definition) is 4. The fourth-order valence-corrected chi connectivity index (χ4v) is 2.08. The molecule has 1 heterocycles. The van der Waals surface area contributed by atoms with Crippen LogP contribution in [0, 0.1) is 0 Å². The Morgan fingerprint density at radius 2 is 1.50 bits per heavy atom. The van der Waals surface area contributed by atoms with Crippen LogP contribution in [-0.2, 0) is 0 Å². The van der Waals surface area contributed by atoms with Crippen LogP contribution in [-0.4, -0.2) is 23.8 Å². The van der Waals surface area contributed by atoms with E-state index >= 15 is 0 Å². The number of nitrogens with two attached hydrogens (primary N) is 1. The van der Waals surface area contributed by atoms with Gasteiger partial charge in [-0.25, -0.2) is 0 Å².